The fourth-order valence-corrected chi connectivity index (χ4v) is 3.75. The largest absolute Gasteiger partial charge is 0.494 e. The Morgan fingerprint density at radius 3 is 1.82 bits per heavy atom. The first-order chi connectivity index (χ1) is 13.9. The van der Waals surface area contributed by atoms with Crippen LogP contribution in [0, 0.1) is 0 Å². The van der Waals surface area contributed by atoms with E-state index in [1.54, 1.807) is 0 Å². The molecule has 28 heavy (non-hydrogen) atoms. The van der Waals surface area contributed by atoms with E-state index in [-0.39, 0.29) is 0 Å². The molecule has 0 amide bonds. The van der Waals surface area contributed by atoms with Gasteiger partial charge in [-0.1, -0.05) is 108 Å². The van der Waals surface area contributed by atoms with Gasteiger partial charge in [-0.25, -0.2) is 0 Å². The molecule has 1 heterocycles. The van der Waals surface area contributed by atoms with Crippen molar-refractivity contribution in [1.82, 2.24) is 15.4 Å². The lowest BCUT2D eigenvalue weighted by Gasteiger charge is -2.06. The van der Waals surface area contributed by atoms with Crippen molar-refractivity contribution in [2.24, 2.45) is 0 Å². The lowest BCUT2D eigenvalue weighted by Crippen LogP contribution is -1.97. The van der Waals surface area contributed by atoms with Gasteiger partial charge in [-0.3, -0.25) is 5.10 Å². The highest BCUT2D eigenvalue weighted by Gasteiger charge is 2.00. The molecule has 0 fully saturated rings. The van der Waals surface area contributed by atoms with Gasteiger partial charge in [0.05, 0.1) is 12.1 Å². The fraction of sp³-hybridized carbons (Fsp3) is 0.750. The van der Waals surface area contributed by atoms with E-state index in [4.69, 9.17) is 4.74 Å². The Hall–Kier alpha value is -1.58. The van der Waals surface area contributed by atoms with E-state index in [1.807, 2.05) is 18.2 Å². The van der Waals surface area contributed by atoms with Gasteiger partial charge in [-0.2, -0.15) is 0 Å². The predicted octanol–water partition coefficient (Wildman–Crippen LogP) is 7.60. The average molecular weight is 388 g/mol. The van der Waals surface area contributed by atoms with Crippen molar-refractivity contribution in [2.45, 2.75) is 110 Å². The molecule has 2 aromatic rings. The zero-order valence-electron chi connectivity index (χ0n) is 18.1. The Kier molecular flexibility index (Phi) is 12.5. The SMILES string of the molecule is CCCCCCCCCCCCCCCCCCOc1ccc2[nH]nnc2c1. The van der Waals surface area contributed by atoms with Gasteiger partial charge in [0.2, 0.25) is 0 Å². The standard InChI is InChI=1S/C24H41N3O/c1-2-3-4-5-6-7-8-9-10-11-12-13-14-15-16-17-20-28-22-18-19-23-24(21-22)26-27-25-23/h18-19,21H,2-17,20H2,1H3,(H,25,26,27). The lowest BCUT2D eigenvalue weighted by molar-refractivity contribution is 0.304. The minimum atomic E-state index is 0.793. The maximum absolute atomic E-state index is 5.82. The van der Waals surface area contributed by atoms with Crippen LogP contribution in [0.5, 0.6) is 5.75 Å². The summed E-state index contributed by atoms with van der Waals surface area (Å²) in [5.74, 6) is 0.891. The van der Waals surface area contributed by atoms with Gasteiger partial charge in [0.1, 0.15) is 11.3 Å². The topological polar surface area (TPSA) is 50.8 Å². The molecule has 0 atom stereocenters. The highest BCUT2D eigenvalue weighted by atomic mass is 16.5. The number of nitrogens with one attached hydrogen (secondary N) is 1. The number of unbranched alkanes of at least 4 members (excludes halogenated alkanes) is 15. The summed E-state index contributed by atoms with van der Waals surface area (Å²) in [6.07, 6.45) is 22.3. The van der Waals surface area contributed by atoms with Crippen molar-refractivity contribution in [1.29, 1.82) is 0 Å². The lowest BCUT2D eigenvalue weighted by atomic mass is 10.0. The normalized spacial score (nSPS) is 11.3. The number of ether oxygens (including phenoxy) is 1. The number of aromatic nitrogens is 3. The van der Waals surface area contributed by atoms with Crippen LogP contribution in [0.4, 0.5) is 0 Å². The van der Waals surface area contributed by atoms with E-state index in [0.717, 1.165) is 29.8 Å². The van der Waals surface area contributed by atoms with Crippen molar-refractivity contribution < 1.29 is 4.74 Å². The Labute approximate surface area is 171 Å². The molecule has 0 saturated carbocycles. The maximum Gasteiger partial charge on any atom is 0.121 e. The van der Waals surface area contributed by atoms with Gasteiger partial charge in [0.25, 0.3) is 0 Å². The number of nitrogens with zero attached hydrogens (tertiary/aromatic N) is 2. The summed E-state index contributed by atoms with van der Waals surface area (Å²) >= 11 is 0. The van der Waals surface area contributed by atoms with Gasteiger partial charge in [0.15, 0.2) is 0 Å². The van der Waals surface area contributed by atoms with Gasteiger partial charge >= 0.3 is 0 Å². The Morgan fingerprint density at radius 1 is 0.714 bits per heavy atom. The van der Waals surface area contributed by atoms with Gasteiger partial charge in [0, 0.05) is 6.07 Å². The minimum Gasteiger partial charge on any atom is -0.494 e. The zero-order valence-corrected chi connectivity index (χ0v) is 18.1. The molecule has 0 unspecified atom stereocenters. The molecule has 0 spiro atoms. The number of aromatic amines is 1. The van der Waals surface area contributed by atoms with E-state index in [0.29, 0.717) is 0 Å². The second kappa shape index (κ2) is 15.4. The van der Waals surface area contributed by atoms with Crippen LogP contribution in [0.25, 0.3) is 11.0 Å². The van der Waals surface area contributed by atoms with E-state index in [2.05, 4.69) is 22.3 Å². The number of hydrogen-bond acceptors (Lipinski definition) is 3. The van der Waals surface area contributed by atoms with E-state index in [1.165, 1.54) is 96.3 Å². The van der Waals surface area contributed by atoms with Crippen molar-refractivity contribution in [2.75, 3.05) is 6.61 Å². The van der Waals surface area contributed by atoms with Crippen LogP contribution in [0.3, 0.4) is 0 Å². The van der Waals surface area contributed by atoms with Crippen LogP contribution >= 0.6 is 0 Å². The summed E-state index contributed by atoms with van der Waals surface area (Å²) in [5.41, 5.74) is 1.82. The van der Waals surface area contributed by atoms with Crippen molar-refractivity contribution in [3.05, 3.63) is 18.2 Å². The Bertz CT molecular complexity index is 611. The highest BCUT2D eigenvalue weighted by molar-refractivity contribution is 5.75. The van der Waals surface area contributed by atoms with E-state index in [9.17, 15) is 0 Å². The second-order valence-electron chi connectivity index (χ2n) is 8.14. The molecule has 4 nitrogen and oxygen atoms in total. The maximum atomic E-state index is 5.82. The molecular formula is C24H41N3O. The summed E-state index contributed by atoms with van der Waals surface area (Å²) in [5, 5.41) is 10.7. The summed E-state index contributed by atoms with van der Waals surface area (Å²) in [6, 6.07) is 5.90. The first kappa shape index (κ1) is 22.7. The number of H-pyrrole nitrogens is 1. The number of benzene rings is 1. The number of fused-ring (bicyclic) bond motifs is 1. The smallest absolute Gasteiger partial charge is 0.121 e. The molecule has 0 saturated heterocycles. The van der Waals surface area contributed by atoms with Crippen LogP contribution in [0.15, 0.2) is 18.2 Å². The zero-order chi connectivity index (χ0) is 19.7. The predicted molar refractivity (Wildman–Crippen MR) is 119 cm³/mol. The molecule has 0 aliphatic heterocycles. The molecule has 0 aliphatic carbocycles. The summed E-state index contributed by atoms with van der Waals surface area (Å²) in [4.78, 5) is 0. The number of hydrogen-bond donors (Lipinski definition) is 1. The summed E-state index contributed by atoms with van der Waals surface area (Å²) in [6.45, 7) is 3.08. The fourth-order valence-electron chi connectivity index (χ4n) is 3.75. The monoisotopic (exact) mass is 387 g/mol. The Morgan fingerprint density at radius 2 is 1.25 bits per heavy atom. The van der Waals surface area contributed by atoms with Crippen LogP contribution in [-0.4, -0.2) is 22.0 Å². The quantitative estimate of drug-likeness (QED) is 0.268. The molecule has 1 N–H and O–H groups in total. The summed E-state index contributed by atoms with van der Waals surface area (Å²) < 4.78 is 5.82. The first-order valence-electron chi connectivity index (χ1n) is 11.8. The first-order valence-corrected chi connectivity index (χ1v) is 11.8. The van der Waals surface area contributed by atoms with Gasteiger partial charge in [-0.15, -0.1) is 5.10 Å². The molecule has 1 aromatic carbocycles. The van der Waals surface area contributed by atoms with E-state index < -0.39 is 0 Å². The van der Waals surface area contributed by atoms with Crippen LogP contribution < -0.4 is 4.74 Å². The average Bonchev–Trinajstić information content (AvgIpc) is 3.18. The van der Waals surface area contributed by atoms with E-state index >= 15 is 0 Å². The molecule has 0 radical (unpaired) electrons. The third-order valence-corrected chi connectivity index (χ3v) is 5.56. The molecule has 0 aliphatic rings. The van der Waals surface area contributed by atoms with Crippen LogP contribution in [0.2, 0.25) is 0 Å². The molecule has 158 valence electrons. The molecular weight excluding hydrogens is 346 g/mol. The van der Waals surface area contributed by atoms with Gasteiger partial charge in [-0.05, 0) is 18.6 Å². The molecule has 2 rings (SSSR count). The highest BCUT2D eigenvalue weighted by Crippen LogP contribution is 2.18. The molecule has 1 aromatic heterocycles. The number of rotatable bonds is 18. The molecule has 4 heteroatoms. The van der Waals surface area contributed by atoms with Crippen LogP contribution in [-0.2, 0) is 0 Å². The minimum absolute atomic E-state index is 0.793. The Balaban J connectivity index is 1.30. The third kappa shape index (κ3) is 10.1. The van der Waals surface area contributed by atoms with Gasteiger partial charge < -0.3 is 4.74 Å². The second-order valence-corrected chi connectivity index (χ2v) is 8.14. The van der Waals surface area contributed by atoms with Crippen LogP contribution in [0.1, 0.15) is 110 Å². The summed E-state index contributed by atoms with van der Waals surface area (Å²) in [7, 11) is 0. The van der Waals surface area contributed by atoms with Crippen molar-refractivity contribution >= 4 is 11.0 Å². The molecule has 0 bridgehead atoms. The van der Waals surface area contributed by atoms with Crippen molar-refractivity contribution in [3.63, 3.8) is 0 Å². The van der Waals surface area contributed by atoms with Crippen molar-refractivity contribution in [3.8, 4) is 5.75 Å². The third-order valence-electron chi connectivity index (χ3n) is 5.56.